The number of benzene rings is 3. The Balaban J connectivity index is 1.39. The van der Waals surface area contributed by atoms with E-state index in [2.05, 4.69) is 10.3 Å². The monoisotopic (exact) mass is 394 g/mol. The molecule has 0 radical (unpaired) electrons. The van der Waals surface area contributed by atoms with Crippen LogP contribution in [0, 0.1) is 11.6 Å². The molecule has 0 saturated heterocycles. The van der Waals surface area contributed by atoms with Gasteiger partial charge in [0.05, 0.1) is 4.88 Å². The van der Waals surface area contributed by atoms with Crippen molar-refractivity contribution >= 4 is 22.2 Å². The number of hydrogen-bond acceptors (Lipinski definition) is 4. The summed E-state index contributed by atoms with van der Waals surface area (Å²) in [6.07, 6.45) is 1.80. The molecule has 3 aromatic carbocycles. The van der Waals surface area contributed by atoms with E-state index in [-0.39, 0.29) is 11.6 Å². The molecule has 0 aliphatic carbocycles. The average Bonchev–Trinajstić information content (AvgIpc) is 3.18. The van der Waals surface area contributed by atoms with E-state index >= 15 is 0 Å². The highest BCUT2D eigenvalue weighted by molar-refractivity contribution is 7.18. The first kappa shape index (κ1) is 18.1. The molecule has 6 heteroatoms. The number of halogens is 2. The number of aromatic nitrogens is 1. The van der Waals surface area contributed by atoms with Crippen LogP contribution < -0.4 is 10.1 Å². The topological polar surface area (TPSA) is 34.1 Å². The normalized spacial score (nSPS) is 10.6. The van der Waals surface area contributed by atoms with Gasteiger partial charge in [-0.25, -0.2) is 13.8 Å². The largest absolute Gasteiger partial charge is 0.489 e. The Bertz CT molecular complexity index is 1050. The number of anilines is 2. The molecule has 0 aliphatic heterocycles. The number of rotatable bonds is 6. The third-order valence-electron chi connectivity index (χ3n) is 4.06. The van der Waals surface area contributed by atoms with Crippen molar-refractivity contribution in [3.05, 3.63) is 96.2 Å². The first-order valence-electron chi connectivity index (χ1n) is 8.62. The molecule has 0 fully saturated rings. The second-order valence-corrected chi connectivity index (χ2v) is 7.13. The zero-order valence-electron chi connectivity index (χ0n) is 14.7. The van der Waals surface area contributed by atoms with Crippen LogP contribution in [0.4, 0.5) is 19.6 Å². The third-order valence-corrected chi connectivity index (χ3v) is 5.02. The summed E-state index contributed by atoms with van der Waals surface area (Å²) in [6.45, 7) is 0.381. The summed E-state index contributed by atoms with van der Waals surface area (Å²) in [6, 6.07) is 20.1. The molecule has 0 unspecified atom stereocenters. The van der Waals surface area contributed by atoms with Crippen molar-refractivity contribution in [1.29, 1.82) is 0 Å². The minimum atomic E-state index is -0.271. The fraction of sp³-hybridized carbons (Fsp3) is 0.0455. The molecule has 0 bridgehead atoms. The highest BCUT2D eigenvalue weighted by Crippen LogP contribution is 2.31. The molecule has 1 N–H and O–H groups in total. The van der Waals surface area contributed by atoms with E-state index in [1.807, 2.05) is 24.3 Å². The van der Waals surface area contributed by atoms with Crippen molar-refractivity contribution in [2.45, 2.75) is 6.61 Å². The van der Waals surface area contributed by atoms with E-state index in [1.165, 1.54) is 35.6 Å². The summed E-state index contributed by atoms with van der Waals surface area (Å²) in [5, 5.41) is 3.90. The summed E-state index contributed by atoms with van der Waals surface area (Å²) in [5.41, 5.74) is 2.72. The number of hydrogen-bond donors (Lipinski definition) is 1. The van der Waals surface area contributed by atoms with E-state index in [0.717, 1.165) is 32.6 Å². The van der Waals surface area contributed by atoms with Gasteiger partial charge in [0.2, 0.25) is 0 Å². The second kappa shape index (κ2) is 8.19. The van der Waals surface area contributed by atoms with Crippen LogP contribution in [0.2, 0.25) is 0 Å². The maximum atomic E-state index is 13.0. The first-order valence-corrected chi connectivity index (χ1v) is 9.43. The van der Waals surface area contributed by atoms with Crippen molar-refractivity contribution < 1.29 is 13.5 Å². The second-order valence-electron chi connectivity index (χ2n) is 6.10. The van der Waals surface area contributed by atoms with Gasteiger partial charge in [-0.1, -0.05) is 23.5 Å². The molecular weight excluding hydrogens is 378 g/mol. The molecule has 3 nitrogen and oxygen atoms in total. The Morgan fingerprint density at radius 3 is 2.14 bits per heavy atom. The fourth-order valence-corrected chi connectivity index (χ4v) is 3.43. The fourth-order valence-electron chi connectivity index (χ4n) is 2.58. The van der Waals surface area contributed by atoms with Gasteiger partial charge in [-0.15, -0.1) is 0 Å². The van der Waals surface area contributed by atoms with Crippen molar-refractivity contribution in [1.82, 2.24) is 4.98 Å². The van der Waals surface area contributed by atoms with Crippen LogP contribution in [0.5, 0.6) is 5.75 Å². The van der Waals surface area contributed by atoms with E-state index in [0.29, 0.717) is 6.61 Å². The number of nitrogens with one attached hydrogen (secondary N) is 1. The minimum absolute atomic E-state index is 0.258. The maximum absolute atomic E-state index is 13.0. The van der Waals surface area contributed by atoms with Crippen LogP contribution in [0.3, 0.4) is 0 Å². The van der Waals surface area contributed by atoms with Gasteiger partial charge in [0, 0.05) is 11.9 Å². The Hall–Kier alpha value is -3.25. The van der Waals surface area contributed by atoms with Gasteiger partial charge in [0.15, 0.2) is 5.13 Å². The van der Waals surface area contributed by atoms with Gasteiger partial charge in [-0.2, -0.15) is 0 Å². The van der Waals surface area contributed by atoms with Crippen LogP contribution in [-0.4, -0.2) is 4.98 Å². The number of nitrogens with zero attached hydrogens (tertiary/aromatic N) is 1. The first-order chi connectivity index (χ1) is 13.7. The molecule has 140 valence electrons. The molecule has 0 amide bonds. The molecule has 4 aromatic rings. The van der Waals surface area contributed by atoms with E-state index in [4.69, 9.17) is 4.74 Å². The number of thiazole rings is 1. The Labute approximate surface area is 165 Å². The molecular formula is C22H16F2N2OS. The van der Waals surface area contributed by atoms with Crippen molar-refractivity contribution in [2.24, 2.45) is 0 Å². The lowest BCUT2D eigenvalue weighted by atomic mass is 10.2. The highest BCUT2D eigenvalue weighted by atomic mass is 32.1. The molecule has 1 heterocycles. The molecule has 4 rings (SSSR count). The van der Waals surface area contributed by atoms with Crippen LogP contribution in [0.1, 0.15) is 5.56 Å². The van der Waals surface area contributed by atoms with Crippen LogP contribution in [-0.2, 0) is 6.61 Å². The van der Waals surface area contributed by atoms with Crippen molar-refractivity contribution in [3.63, 3.8) is 0 Å². The van der Waals surface area contributed by atoms with Crippen LogP contribution in [0.15, 0.2) is 79.0 Å². The van der Waals surface area contributed by atoms with E-state index < -0.39 is 0 Å². The van der Waals surface area contributed by atoms with E-state index in [1.54, 1.807) is 30.5 Å². The number of ether oxygens (including phenoxy) is 1. The SMILES string of the molecule is Fc1ccc(COc2ccc(-c3cnc(Nc4ccc(F)cc4)s3)cc2)cc1. The zero-order valence-corrected chi connectivity index (χ0v) is 15.5. The Morgan fingerprint density at radius 2 is 1.46 bits per heavy atom. The van der Waals surface area contributed by atoms with E-state index in [9.17, 15) is 8.78 Å². The summed E-state index contributed by atoms with van der Waals surface area (Å²) in [5.74, 6) is 0.209. The van der Waals surface area contributed by atoms with Gasteiger partial charge < -0.3 is 10.1 Å². The molecule has 0 spiro atoms. The summed E-state index contributed by atoms with van der Waals surface area (Å²) in [7, 11) is 0. The minimum Gasteiger partial charge on any atom is -0.489 e. The zero-order chi connectivity index (χ0) is 19.3. The highest BCUT2D eigenvalue weighted by Gasteiger charge is 2.06. The summed E-state index contributed by atoms with van der Waals surface area (Å²) >= 11 is 1.51. The Morgan fingerprint density at radius 1 is 0.821 bits per heavy atom. The van der Waals surface area contributed by atoms with Gasteiger partial charge in [-0.05, 0) is 71.8 Å². The van der Waals surface area contributed by atoms with Gasteiger partial charge in [0.1, 0.15) is 24.0 Å². The molecule has 0 saturated carbocycles. The predicted molar refractivity (Wildman–Crippen MR) is 108 cm³/mol. The predicted octanol–water partition coefficient (Wildman–Crippen LogP) is 6.41. The lowest BCUT2D eigenvalue weighted by Crippen LogP contribution is -1.95. The van der Waals surface area contributed by atoms with Gasteiger partial charge in [0.25, 0.3) is 0 Å². The average molecular weight is 394 g/mol. The molecule has 28 heavy (non-hydrogen) atoms. The van der Waals surface area contributed by atoms with Crippen LogP contribution >= 0.6 is 11.3 Å². The standard InChI is InChI=1S/C22H16F2N2OS/c23-17-5-1-15(2-6-17)14-27-20-11-3-16(4-12-20)21-13-25-22(28-21)26-19-9-7-18(24)8-10-19/h1-13H,14H2,(H,25,26). The molecule has 0 aliphatic rings. The van der Waals surface area contributed by atoms with Gasteiger partial charge in [-0.3, -0.25) is 0 Å². The third kappa shape index (κ3) is 4.53. The Kier molecular flexibility index (Phi) is 5.30. The summed E-state index contributed by atoms with van der Waals surface area (Å²) in [4.78, 5) is 5.38. The van der Waals surface area contributed by atoms with Crippen LogP contribution in [0.25, 0.3) is 10.4 Å². The molecule has 1 aromatic heterocycles. The lowest BCUT2D eigenvalue weighted by Gasteiger charge is -2.07. The lowest BCUT2D eigenvalue weighted by molar-refractivity contribution is 0.306. The quantitative estimate of drug-likeness (QED) is 0.410. The molecule has 0 atom stereocenters. The smallest absolute Gasteiger partial charge is 0.187 e. The van der Waals surface area contributed by atoms with Gasteiger partial charge >= 0.3 is 0 Å². The van der Waals surface area contributed by atoms with Crippen molar-refractivity contribution in [2.75, 3.05) is 5.32 Å². The van der Waals surface area contributed by atoms with Crippen molar-refractivity contribution in [3.8, 4) is 16.2 Å². The summed E-state index contributed by atoms with van der Waals surface area (Å²) < 4.78 is 31.7. The maximum Gasteiger partial charge on any atom is 0.187 e.